The first-order valence-corrected chi connectivity index (χ1v) is 5.76. The fourth-order valence-corrected chi connectivity index (χ4v) is 2.07. The van der Waals surface area contributed by atoms with Crippen LogP contribution in [0.15, 0.2) is 42.5 Å². The van der Waals surface area contributed by atoms with Gasteiger partial charge in [0.25, 0.3) is 0 Å². The molecule has 2 N–H and O–H groups in total. The van der Waals surface area contributed by atoms with E-state index in [0.29, 0.717) is 11.6 Å². The number of halogens is 2. The SMILES string of the molecule is COc1ccc(-c2ccccc2CN)c(Cl)c1.Cl. The van der Waals surface area contributed by atoms with Gasteiger partial charge < -0.3 is 10.5 Å². The van der Waals surface area contributed by atoms with Crippen LogP contribution in [-0.4, -0.2) is 7.11 Å². The van der Waals surface area contributed by atoms with E-state index in [2.05, 4.69) is 0 Å². The molecule has 2 rings (SSSR count). The maximum Gasteiger partial charge on any atom is 0.120 e. The number of benzene rings is 2. The van der Waals surface area contributed by atoms with Crippen molar-refractivity contribution in [3.8, 4) is 16.9 Å². The van der Waals surface area contributed by atoms with Crippen LogP contribution < -0.4 is 10.5 Å². The molecule has 0 unspecified atom stereocenters. The van der Waals surface area contributed by atoms with Crippen molar-refractivity contribution in [2.45, 2.75) is 6.54 Å². The molecule has 0 saturated carbocycles. The fourth-order valence-electron chi connectivity index (χ4n) is 1.80. The topological polar surface area (TPSA) is 35.2 Å². The molecule has 0 heterocycles. The summed E-state index contributed by atoms with van der Waals surface area (Å²) < 4.78 is 5.13. The highest BCUT2D eigenvalue weighted by atomic mass is 35.5. The van der Waals surface area contributed by atoms with Crippen LogP contribution in [0.1, 0.15) is 5.56 Å². The molecule has 18 heavy (non-hydrogen) atoms. The van der Waals surface area contributed by atoms with Gasteiger partial charge in [-0.3, -0.25) is 0 Å². The lowest BCUT2D eigenvalue weighted by Crippen LogP contribution is -1.98. The van der Waals surface area contributed by atoms with Gasteiger partial charge in [0.2, 0.25) is 0 Å². The number of hydrogen-bond acceptors (Lipinski definition) is 2. The van der Waals surface area contributed by atoms with E-state index in [1.54, 1.807) is 7.11 Å². The number of methoxy groups -OCH3 is 1. The molecule has 2 nitrogen and oxygen atoms in total. The standard InChI is InChI=1S/C14H14ClNO.ClH/c1-17-11-6-7-13(14(15)8-11)12-5-3-2-4-10(12)9-16;/h2-8H,9,16H2,1H3;1H. The van der Waals surface area contributed by atoms with Gasteiger partial charge >= 0.3 is 0 Å². The van der Waals surface area contributed by atoms with Gasteiger partial charge in [-0.25, -0.2) is 0 Å². The number of rotatable bonds is 3. The highest BCUT2D eigenvalue weighted by molar-refractivity contribution is 6.33. The summed E-state index contributed by atoms with van der Waals surface area (Å²) >= 11 is 6.25. The fraction of sp³-hybridized carbons (Fsp3) is 0.143. The van der Waals surface area contributed by atoms with Gasteiger partial charge in [-0.1, -0.05) is 35.9 Å². The first-order valence-electron chi connectivity index (χ1n) is 5.38. The Hall–Kier alpha value is -1.22. The summed E-state index contributed by atoms with van der Waals surface area (Å²) in [7, 11) is 1.62. The first kappa shape index (κ1) is 14.8. The lowest BCUT2D eigenvalue weighted by molar-refractivity contribution is 0.415. The van der Waals surface area contributed by atoms with Gasteiger partial charge in [0.15, 0.2) is 0 Å². The van der Waals surface area contributed by atoms with E-state index in [9.17, 15) is 0 Å². The molecular formula is C14H15Cl2NO. The van der Waals surface area contributed by atoms with Crippen LogP contribution in [0.2, 0.25) is 5.02 Å². The van der Waals surface area contributed by atoms with E-state index in [1.165, 1.54) is 0 Å². The molecule has 0 aliphatic carbocycles. The lowest BCUT2D eigenvalue weighted by Gasteiger charge is -2.10. The molecule has 0 amide bonds. The van der Waals surface area contributed by atoms with E-state index < -0.39 is 0 Å². The largest absolute Gasteiger partial charge is 0.497 e. The number of hydrogen-bond donors (Lipinski definition) is 1. The summed E-state index contributed by atoms with van der Waals surface area (Å²) in [4.78, 5) is 0. The Morgan fingerprint density at radius 3 is 2.44 bits per heavy atom. The summed E-state index contributed by atoms with van der Waals surface area (Å²) in [5.41, 5.74) is 8.86. The maximum absolute atomic E-state index is 6.25. The molecule has 0 aromatic heterocycles. The second kappa shape index (κ2) is 6.64. The average molecular weight is 284 g/mol. The Morgan fingerprint density at radius 1 is 1.11 bits per heavy atom. The van der Waals surface area contributed by atoms with Crippen LogP contribution in [0.25, 0.3) is 11.1 Å². The summed E-state index contributed by atoms with van der Waals surface area (Å²) in [6, 6.07) is 13.7. The van der Waals surface area contributed by atoms with Crippen molar-refractivity contribution in [1.82, 2.24) is 0 Å². The summed E-state index contributed by atoms with van der Waals surface area (Å²) in [5, 5.41) is 0.672. The van der Waals surface area contributed by atoms with E-state index in [4.69, 9.17) is 22.1 Å². The molecule has 0 bridgehead atoms. The third kappa shape index (κ3) is 2.96. The van der Waals surface area contributed by atoms with Gasteiger partial charge in [0.1, 0.15) is 5.75 Å². The van der Waals surface area contributed by atoms with Crippen LogP contribution >= 0.6 is 24.0 Å². The first-order chi connectivity index (χ1) is 8.26. The number of ether oxygens (including phenoxy) is 1. The Labute approximate surface area is 118 Å². The highest BCUT2D eigenvalue weighted by Gasteiger charge is 2.08. The van der Waals surface area contributed by atoms with Crippen LogP contribution in [0.4, 0.5) is 0 Å². The third-order valence-corrected chi connectivity index (χ3v) is 3.02. The lowest BCUT2D eigenvalue weighted by atomic mass is 9.99. The molecule has 0 radical (unpaired) electrons. The van der Waals surface area contributed by atoms with Crippen molar-refractivity contribution in [2.24, 2.45) is 5.73 Å². The second-order valence-corrected chi connectivity index (χ2v) is 4.11. The molecule has 2 aromatic rings. The van der Waals surface area contributed by atoms with Crippen molar-refractivity contribution in [2.75, 3.05) is 7.11 Å². The Kier molecular flexibility index (Phi) is 5.48. The molecule has 96 valence electrons. The molecule has 0 saturated heterocycles. The zero-order chi connectivity index (χ0) is 12.3. The summed E-state index contributed by atoms with van der Waals surface area (Å²) in [6.07, 6.45) is 0. The molecule has 2 aromatic carbocycles. The van der Waals surface area contributed by atoms with Crippen LogP contribution in [0.5, 0.6) is 5.75 Å². The molecule has 0 fully saturated rings. The minimum atomic E-state index is 0. The van der Waals surface area contributed by atoms with E-state index >= 15 is 0 Å². The smallest absolute Gasteiger partial charge is 0.120 e. The van der Waals surface area contributed by atoms with Gasteiger partial charge in [-0.2, -0.15) is 0 Å². The molecule has 0 atom stereocenters. The van der Waals surface area contributed by atoms with Crippen molar-refractivity contribution in [3.63, 3.8) is 0 Å². The molecular weight excluding hydrogens is 269 g/mol. The van der Waals surface area contributed by atoms with Gasteiger partial charge in [0, 0.05) is 12.1 Å². The quantitative estimate of drug-likeness (QED) is 0.927. The number of nitrogens with two attached hydrogens (primary N) is 1. The van der Waals surface area contributed by atoms with Gasteiger partial charge in [0.05, 0.1) is 12.1 Å². The predicted molar refractivity (Wildman–Crippen MR) is 78.6 cm³/mol. The third-order valence-electron chi connectivity index (χ3n) is 2.70. The summed E-state index contributed by atoms with van der Waals surface area (Å²) in [5.74, 6) is 0.754. The van der Waals surface area contributed by atoms with Crippen molar-refractivity contribution < 1.29 is 4.74 Å². The highest BCUT2D eigenvalue weighted by Crippen LogP contribution is 2.32. The van der Waals surface area contributed by atoms with E-state index in [1.807, 2.05) is 42.5 Å². The zero-order valence-electron chi connectivity index (χ0n) is 10.0. The van der Waals surface area contributed by atoms with Crippen molar-refractivity contribution >= 4 is 24.0 Å². The van der Waals surface area contributed by atoms with E-state index in [0.717, 1.165) is 22.4 Å². The maximum atomic E-state index is 6.25. The minimum absolute atomic E-state index is 0. The second-order valence-electron chi connectivity index (χ2n) is 3.71. The van der Waals surface area contributed by atoms with Crippen molar-refractivity contribution in [1.29, 1.82) is 0 Å². The van der Waals surface area contributed by atoms with Gasteiger partial charge in [-0.05, 0) is 29.3 Å². The molecule has 0 spiro atoms. The van der Waals surface area contributed by atoms with Crippen LogP contribution in [0, 0.1) is 0 Å². The zero-order valence-corrected chi connectivity index (χ0v) is 11.6. The van der Waals surface area contributed by atoms with E-state index in [-0.39, 0.29) is 12.4 Å². The Morgan fingerprint density at radius 2 is 1.83 bits per heavy atom. The Bertz CT molecular complexity index is 529. The monoisotopic (exact) mass is 283 g/mol. The predicted octanol–water partition coefficient (Wildman–Crippen LogP) is 3.90. The Balaban J connectivity index is 0.00000162. The molecule has 0 aliphatic rings. The van der Waals surface area contributed by atoms with Gasteiger partial charge in [-0.15, -0.1) is 12.4 Å². The average Bonchev–Trinajstić information content (AvgIpc) is 2.38. The van der Waals surface area contributed by atoms with Crippen molar-refractivity contribution in [3.05, 3.63) is 53.1 Å². The molecule has 0 aliphatic heterocycles. The van der Waals surface area contributed by atoms with Crippen LogP contribution in [0.3, 0.4) is 0 Å². The molecule has 4 heteroatoms. The summed E-state index contributed by atoms with van der Waals surface area (Å²) in [6.45, 7) is 0.499. The normalized spacial score (nSPS) is 9.72. The van der Waals surface area contributed by atoms with Crippen LogP contribution in [-0.2, 0) is 6.54 Å². The minimum Gasteiger partial charge on any atom is -0.497 e.